The third-order valence-electron chi connectivity index (χ3n) is 5.10. The molecule has 1 amide bonds. The molecule has 0 aliphatic heterocycles. The van der Waals surface area contributed by atoms with Crippen molar-refractivity contribution < 1.29 is 14.7 Å². The van der Waals surface area contributed by atoms with Crippen LogP contribution in [-0.2, 0) is 0 Å². The quantitative estimate of drug-likeness (QED) is 0.733. The number of aromatic nitrogens is 1. The van der Waals surface area contributed by atoms with Gasteiger partial charge < -0.3 is 15.0 Å². The first-order chi connectivity index (χ1) is 13.0. The number of rotatable bonds is 7. The molecule has 0 radical (unpaired) electrons. The molecule has 27 heavy (non-hydrogen) atoms. The standard InChI is InChI=1S/C21H24N2O4/c1-3-19(25)17-9-15(20(26)22-18-10-16(18)12-24)11-23(21(17)27)13(2)14-7-5-4-6-8-14/h4-9,11,13,16,18,24H,3,10,12H2,1-2H3,(H,22,26)/t13-,16?,18?/m1/s1. The summed E-state index contributed by atoms with van der Waals surface area (Å²) in [5, 5.41) is 12.0. The van der Waals surface area contributed by atoms with Gasteiger partial charge in [0.15, 0.2) is 5.78 Å². The number of pyridine rings is 1. The van der Waals surface area contributed by atoms with Crippen LogP contribution in [0, 0.1) is 5.92 Å². The van der Waals surface area contributed by atoms with Crippen molar-refractivity contribution in [2.45, 2.75) is 38.8 Å². The number of carbonyl (C=O) groups is 2. The summed E-state index contributed by atoms with van der Waals surface area (Å²) in [6, 6.07) is 10.5. The Kier molecular flexibility index (Phi) is 5.56. The predicted molar refractivity (Wildman–Crippen MR) is 102 cm³/mol. The summed E-state index contributed by atoms with van der Waals surface area (Å²) in [6.07, 6.45) is 2.44. The highest BCUT2D eigenvalue weighted by atomic mass is 16.3. The second-order valence-electron chi connectivity index (χ2n) is 6.98. The lowest BCUT2D eigenvalue weighted by Crippen LogP contribution is -2.33. The van der Waals surface area contributed by atoms with E-state index in [1.807, 2.05) is 37.3 Å². The Hall–Kier alpha value is -2.73. The molecular weight excluding hydrogens is 344 g/mol. The van der Waals surface area contributed by atoms with Crippen molar-refractivity contribution in [1.82, 2.24) is 9.88 Å². The summed E-state index contributed by atoms with van der Waals surface area (Å²) in [5.74, 6) is -0.543. The molecule has 2 aromatic rings. The Morgan fingerprint density at radius 2 is 2.00 bits per heavy atom. The van der Waals surface area contributed by atoms with Gasteiger partial charge in [0.1, 0.15) is 0 Å². The van der Waals surface area contributed by atoms with Gasteiger partial charge in [0.2, 0.25) is 0 Å². The fourth-order valence-electron chi connectivity index (χ4n) is 3.17. The molecule has 1 aliphatic rings. The fraction of sp³-hybridized carbons (Fsp3) is 0.381. The van der Waals surface area contributed by atoms with E-state index in [1.165, 1.54) is 16.8 Å². The number of hydrogen-bond donors (Lipinski definition) is 2. The van der Waals surface area contributed by atoms with E-state index >= 15 is 0 Å². The van der Waals surface area contributed by atoms with Crippen LogP contribution >= 0.6 is 0 Å². The zero-order valence-electron chi connectivity index (χ0n) is 15.5. The van der Waals surface area contributed by atoms with E-state index in [9.17, 15) is 14.4 Å². The minimum atomic E-state index is -0.394. The Balaban J connectivity index is 2.00. The lowest BCUT2D eigenvalue weighted by molar-refractivity contribution is 0.0946. The van der Waals surface area contributed by atoms with Crippen LogP contribution in [-0.4, -0.2) is 34.0 Å². The topological polar surface area (TPSA) is 88.4 Å². The Labute approximate surface area is 157 Å². The highest BCUT2D eigenvalue weighted by molar-refractivity contribution is 6.00. The molecule has 0 saturated heterocycles. The van der Waals surface area contributed by atoms with E-state index in [1.54, 1.807) is 6.92 Å². The molecule has 1 saturated carbocycles. The van der Waals surface area contributed by atoms with Crippen LogP contribution in [0.25, 0.3) is 0 Å². The van der Waals surface area contributed by atoms with E-state index in [2.05, 4.69) is 5.32 Å². The van der Waals surface area contributed by atoms with Crippen LogP contribution in [0.5, 0.6) is 0 Å². The van der Waals surface area contributed by atoms with Gasteiger partial charge in [0.05, 0.1) is 17.2 Å². The summed E-state index contributed by atoms with van der Waals surface area (Å²) < 4.78 is 1.45. The summed E-state index contributed by atoms with van der Waals surface area (Å²) in [6.45, 7) is 3.59. The van der Waals surface area contributed by atoms with Gasteiger partial charge in [-0.1, -0.05) is 37.3 Å². The van der Waals surface area contributed by atoms with Crippen LogP contribution in [0.4, 0.5) is 0 Å². The van der Waals surface area contributed by atoms with Gasteiger partial charge in [-0.25, -0.2) is 0 Å². The molecule has 3 atom stereocenters. The van der Waals surface area contributed by atoms with Gasteiger partial charge in [-0.15, -0.1) is 0 Å². The number of carbonyl (C=O) groups excluding carboxylic acids is 2. The van der Waals surface area contributed by atoms with Crippen molar-refractivity contribution in [1.29, 1.82) is 0 Å². The minimum Gasteiger partial charge on any atom is -0.396 e. The average molecular weight is 368 g/mol. The predicted octanol–water partition coefficient (Wildman–Crippen LogP) is 2.16. The molecule has 0 spiro atoms. The molecule has 2 unspecified atom stereocenters. The van der Waals surface area contributed by atoms with Gasteiger partial charge in [-0.3, -0.25) is 14.4 Å². The molecule has 1 fully saturated rings. The summed E-state index contributed by atoms with van der Waals surface area (Å²) >= 11 is 0. The Morgan fingerprint density at radius 1 is 1.30 bits per heavy atom. The number of amides is 1. The SMILES string of the molecule is CCC(=O)c1cc(C(=O)NC2CC2CO)cn([C@H](C)c2ccccc2)c1=O. The van der Waals surface area contributed by atoms with Gasteiger partial charge in [0.25, 0.3) is 11.5 Å². The highest BCUT2D eigenvalue weighted by Gasteiger charge is 2.37. The number of aliphatic hydroxyl groups is 1. The van der Waals surface area contributed by atoms with E-state index < -0.39 is 5.56 Å². The second-order valence-corrected chi connectivity index (χ2v) is 6.98. The van der Waals surface area contributed by atoms with Crippen LogP contribution < -0.4 is 10.9 Å². The van der Waals surface area contributed by atoms with Gasteiger partial charge in [-0.05, 0) is 25.0 Å². The number of aliphatic hydroxyl groups excluding tert-OH is 1. The molecule has 6 nitrogen and oxygen atoms in total. The molecule has 1 heterocycles. The lowest BCUT2D eigenvalue weighted by atomic mass is 10.0. The van der Waals surface area contributed by atoms with Crippen molar-refractivity contribution in [3.8, 4) is 0 Å². The maximum absolute atomic E-state index is 12.9. The van der Waals surface area contributed by atoms with E-state index in [0.717, 1.165) is 12.0 Å². The average Bonchev–Trinajstić information content (AvgIpc) is 3.45. The van der Waals surface area contributed by atoms with Gasteiger partial charge >= 0.3 is 0 Å². The van der Waals surface area contributed by atoms with Crippen LogP contribution in [0.1, 0.15) is 59.0 Å². The first-order valence-electron chi connectivity index (χ1n) is 9.22. The third-order valence-corrected chi connectivity index (χ3v) is 5.10. The molecule has 3 rings (SSSR count). The maximum atomic E-state index is 12.9. The first kappa shape index (κ1) is 19.0. The lowest BCUT2D eigenvalue weighted by Gasteiger charge is -2.18. The Morgan fingerprint density at radius 3 is 2.59 bits per heavy atom. The van der Waals surface area contributed by atoms with Crippen molar-refractivity contribution in [3.63, 3.8) is 0 Å². The summed E-state index contributed by atoms with van der Waals surface area (Å²) in [5.41, 5.74) is 0.823. The third kappa shape index (κ3) is 4.01. The smallest absolute Gasteiger partial charge is 0.262 e. The molecule has 0 bridgehead atoms. The number of benzene rings is 1. The molecule has 142 valence electrons. The summed E-state index contributed by atoms with van der Waals surface area (Å²) in [7, 11) is 0. The number of nitrogens with zero attached hydrogens (tertiary/aromatic N) is 1. The van der Waals surface area contributed by atoms with E-state index in [-0.39, 0.29) is 53.8 Å². The molecular formula is C21H24N2O4. The molecule has 1 aromatic heterocycles. The number of hydrogen-bond acceptors (Lipinski definition) is 4. The van der Waals surface area contributed by atoms with Crippen LogP contribution in [0.3, 0.4) is 0 Å². The normalized spacial score (nSPS) is 19.4. The largest absolute Gasteiger partial charge is 0.396 e. The Bertz CT molecular complexity index is 904. The minimum absolute atomic E-state index is 0.0300. The fourth-order valence-corrected chi connectivity index (χ4v) is 3.17. The molecule has 6 heteroatoms. The van der Waals surface area contributed by atoms with Gasteiger partial charge in [-0.2, -0.15) is 0 Å². The van der Waals surface area contributed by atoms with Crippen molar-refractivity contribution >= 4 is 11.7 Å². The second kappa shape index (κ2) is 7.88. The van der Waals surface area contributed by atoms with E-state index in [0.29, 0.717) is 0 Å². The number of nitrogens with one attached hydrogen (secondary N) is 1. The van der Waals surface area contributed by atoms with Crippen molar-refractivity contribution in [2.24, 2.45) is 5.92 Å². The highest BCUT2D eigenvalue weighted by Crippen LogP contribution is 2.29. The zero-order chi connectivity index (χ0) is 19.6. The van der Waals surface area contributed by atoms with E-state index in [4.69, 9.17) is 5.11 Å². The molecule has 2 N–H and O–H groups in total. The number of Topliss-reactive ketones (excluding diaryl/α,β-unsaturated/α-hetero) is 1. The summed E-state index contributed by atoms with van der Waals surface area (Å²) in [4.78, 5) is 37.8. The van der Waals surface area contributed by atoms with Crippen molar-refractivity contribution in [3.05, 3.63) is 69.6 Å². The van der Waals surface area contributed by atoms with Crippen molar-refractivity contribution in [2.75, 3.05) is 6.61 Å². The maximum Gasteiger partial charge on any atom is 0.262 e. The molecule has 1 aromatic carbocycles. The molecule has 1 aliphatic carbocycles. The zero-order valence-corrected chi connectivity index (χ0v) is 15.5. The first-order valence-corrected chi connectivity index (χ1v) is 9.22. The van der Waals surface area contributed by atoms with Crippen LogP contribution in [0.2, 0.25) is 0 Å². The van der Waals surface area contributed by atoms with Crippen LogP contribution in [0.15, 0.2) is 47.4 Å². The monoisotopic (exact) mass is 368 g/mol. The van der Waals surface area contributed by atoms with Gasteiger partial charge in [0, 0.05) is 31.2 Å². The number of ketones is 1.